The van der Waals surface area contributed by atoms with E-state index in [1.807, 2.05) is 4.72 Å². The minimum absolute atomic E-state index is 0.272. The van der Waals surface area contributed by atoms with Crippen LogP contribution in [0.2, 0.25) is 0 Å². The second-order valence-electron chi connectivity index (χ2n) is 6.15. The van der Waals surface area contributed by atoms with Gasteiger partial charge in [-0.2, -0.15) is 0 Å². The van der Waals surface area contributed by atoms with E-state index >= 15 is 0 Å². The fourth-order valence-corrected chi connectivity index (χ4v) is 3.78. The van der Waals surface area contributed by atoms with Crippen LogP contribution in [0.1, 0.15) is 20.7 Å². The molecule has 0 spiro atoms. The summed E-state index contributed by atoms with van der Waals surface area (Å²) < 4.78 is 59.7. The molecule has 1 fully saturated rings. The number of carboxylic acids is 1. The van der Waals surface area contributed by atoms with Gasteiger partial charge in [0.2, 0.25) is 0 Å². The number of anilines is 1. The van der Waals surface area contributed by atoms with Gasteiger partial charge in [-0.05, 0) is 30.3 Å². The number of nitrogens with one attached hydrogen (secondary N) is 1. The zero-order chi connectivity index (χ0) is 21.2. The molecule has 3 rings (SSSR count). The summed E-state index contributed by atoms with van der Waals surface area (Å²) in [6.07, 6.45) is 0. The van der Waals surface area contributed by atoms with Gasteiger partial charge < -0.3 is 14.7 Å². The number of amides is 1. The molecule has 11 heteroatoms. The number of carboxylic acid groups (broad SMARTS) is 1. The van der Waals surface area contributed by atoms with Crippen LogP contribution in [0.15, 0.2) is 41.3 Å². The van der Waals surface area contributed by atoms with Gasteiger partial charge in [0.15, 0.2) is 0 Å². The van der Waals surface area contributed by atoms with Gasteiger partial charge in [-0.1, -0.05) is 0 Å². The van der Waals surface area contributed by atoms with Crippen LogP contribution >= 0.6 is 0 Å². The van der Waals surface area contributed by atoms with Crippen molar-refractivity contribution in [3.63, 3.8) is 0 Å². The summed E-state index contributed by atoms with van der Waals surface area (Å²) in [5, 5.41) is 8.77. The van der Waals surface area contributed by atoms with Crippen molar-refractivity contribution in [2.45, 2.75) is 4.90 Å². The third-order valence-electron chi connectivity index (χ3n) is 4.24. The summed E-state index contributed by atoms with van der Waals surface area (Å²) in [6, 6.07) is 5.80. The van der Waals surface area contributed by atoms with Crippen LogP contribution in [-0.4, -0.2) is 56.6 Å². The molecule has 0 unspecified atom stereocenters. The largest absolute Gasteiger partial charge is 0.478 e. The third kappa shape index (κ3) is 4.51. The number of carbonyl (C=O) groups excluding carboxylic acids is 1. The Labute approximate surface area is 164 Å². The molecule has 1 aliphatic rings. The summed E-state index contributed by atoms with van der Waals surface area (Å²) in [7, 11) is -4.30. The van der Waals surface area contributed by atoms with E-state index in [2.05, 4.69) is 0 Å². The number of carbonyl (C=O) groups is 2. The van der Waals surface area contributed by atoms with Crippen molar-refractivity contribution in [3.05, 3.63) is 59.2 Å². The highest BCUT2D eigenvalue weighted by molar-refractivity contribution is 7.92. The van der Waals surface area contributed by atoms with E-state index in [1.54, 1.807) is 4.90 Å². The molecular weight excluding hydrogens is 410 g/mol. The van der Waals surface area contributed by atoms with Gasteiger partial charge in [0.25, 0.3) is 15.9 Å². The SMILES string of the molecule is O=C(O)c1cc(F)c(NS(=O)(=O)c2ccc(C(=O)N3CCOCC3)cc2)cc1F. The van der Waals surface area contributed by atoms with Crippen molar-refractivity contribution < 1.29 is 36.6 Å². The molecule has 0 aliphatic carbocycles. The van der Waals surface area contributed by atoms with Gasteiger partial charge in [0.05, 0.1) is 29.4 Å². The lowest BCUT2D eigenvalue weighted by Crippen LogP contribution is -2.40. The lowest BCUT2D eigenvalue weighted by Gasteiger charge is -2.26. The molecule has 0 aromatic heterocycles. The van der Waals surface area contributed by atoms with Crippen LogP contribution in [0.3, 0.4) is 0 Å². The molecule has 0 bridgehead atoms. The van der Waals surface area contributed by atoms with E-state index in [-0.39, 0.29) is 16.4 Å². The molecule has 8 nitrogen and oxygen atoms in total. The van der Waals surface area contributed by atoms with E-state index < -0.39 is 38.9 Å². The fourth-order valence-electron chi connectivity index (χ4n) is 2.72. The Bertz CT molecular complexity index is 1050. The predicted molar refractivity (Wildman–Crippen MR) is 97.3 cm³/mol. The summed E-state index contributed by atoms with van der Waals surface area (Å²) >= 11 is 0. The number of hydrogen-bond acceptors (Lipinski definition) is 5. The number of aromatic carboxylic acids is 1. The molecule has 0 atom stereocenters. The summed E-state index contributed by atoms with van der Waals surface area (Å²) in [5.74, 6) is -4.49. The number of halogens is 2. The van der Waals surface area contributed by atoms with Crippen molar-refractivity contribution in [3.8, 4) is 0 Å². The molecule has 2 aromatic carbocycles. The molecule has 2 aromatic rings. The summed E-state index contributed by atoms with van der Waals surface area (Å²) in [6.45, 7) is 1.70. The molecule has 1 aliphatic heterocycles. The maximum atomic E-state index is 14.0. The Morgan fingerprint density at radius 1 is 1.03 bits per heavy atom. The van der Waals surface area contributed by atoms with Gasteiger partial charge in [0.1, 0.15) is 11.6 Å². The maximum Gasteiger partial charge on any atom is 0.338 e. The number of nitrogens with zero attached hydrogens (tertiary/aromatic N) is 1. The molecule has 1 saturated heterocycles. The summed E-state index contributed by atoms with van der Waals surface area (Å²) in [4.78, 5) is 24.5. The number of ether oxygens (including phenoxy) is 1. The van der Waals surface area contributed by atoms with Crippen LogP contribution in [0.25, 0.3) is 0 Å². The number of morpholine rings is 1. The van der Waals surface area contributed by atoms with Gasteiger partial charge in [-0.25, -0.2) is 22.0 Å². The molecule has 29 heavy (non-hydrogen) atoms. The molecule has 0 saturated carbocycles. The van der Waals surface area contributed by atoms with Gasteiger partial charge in [-0.15, -0.1) is 0 Å². The van der Waals surface area contributed by atoms with Crippen molar-refractivity contribution >= 4 is 27.6 Å². The average molecular weight is 426 g/mol. The first-order valence-electron chi connectivity index (χ1n) is 8.41. The van der Waals surface area contributed by atoms with Crippen LogP contribution in [0.4, 0.5) is 14.5 Å². The van der Waals surface area contributed by atoms with Crippen LogP contribution < -0.4 is 4.72 Å². The molecule has 0 radical (unpaired) electrons. The lowest BCUT2D eigenvalue weighted by atomic mass is 10.2. The highest BCUT2D eigenvalue weighted by atomic mass is 32.2. The monoisotopic (exact) mass is 426 g/mol. The first kappa shape index (κ1) is 20.7. The number of rotatable bonds is 5. The average Bonchev–Trinajstić information content (AvgIpc) is 2.70. The third-order valence-corrected chi connectivity index (χ3v) is 5.62. The quantitative estimate of drug-likeness (QED) is 0.756. The molecular formula is C18H16F2N2O6S. The number of benzene rings is 2. The first-order chi connectivity index (χ1) is 13.7. The Hall–Kier alpha value is -3.05. The molecule has 1 heterocycles. The Morgan fingerprint density at radius 2 is 1.66 bits per heavy atom. The summed E-state index contributed by atoms with van der Waals surface area (Å²) in [5.41, 5.74) is -1.38. The fraction of sp³-hybridized carbons (Fsp3) is 0.222. The standard InChI is InChI=1S/C18H16F2N2O6S/c19-14-10-16(15(20)9-13(14)18(24)25)21-29(26,27)12-3-1-11(2-4-12)17(23)22-5-7-28-8-6-22/h1-4,9-10,21H,5-8H2,(H,24,25). The van der Waals surface area contributed by atoms with Gasteiger partial charge in [-0.3, -0.25) is 9.52 Å². The molecule has 2 N–H and O–H groups in total. The van der Waals surface area contributed by atoms with Crippen molar-refractivity contribution in [2.24, 2.45) is 0 Å². The van der Waals surface area contributed by atoms with Crippen LogP contribution in [-0.2, 0) is 14.8 Å². The minimum atomic E-state index is -4.30. The van der Waals surface area contributed by atoms with E-state index in [4.69, 9.17) is 9.84 Å². The Morgan fingerprint density at radius 3 is 2.24 bits per heavy atom. The number of hydrogen-bond donors (Lipinski definition) is 2. The Balaban J connectivity index is 1.80. The molecule has 1 amide bonds. The van der Waals surface area contributed by atoms with E-state index in [0.717, 1.165) is 12.1 Å². The van der Waals surface area contributed by atoms with Crippen molar-refractivity contribution in [1.82, 2.24) is 4.90 Å². The van der Waals surface area contributed by atoms with Crippen molar-refractivity contribution in [1.29, 1.82) is 0 Å². The minimum Gasteiger partial charge on any atom is -0.478 e. The second-order valence-corrected chi connectivity index (χ2v) is 7.83. The van der Waals surface area contributed by atoms with Crippen LogP contribution in [0, 0.1) is 11.6 Å². The predicted octanol–water partition coefficient (Wildman–Crippen LogP) is 1.94. The van der Waals surface area contributed by atoms with Crippen LogP contribution in [0.5, 0.6) is 0 Å². The van der Waals surface area contributed by atoms with Gasteiger partial charge >= 0.3 is 5.97 Å². The zero-order valence-electron chi connectivity index (χ0n) is 14.9. The van der Waals surface area contributed by atoms with E-state index in [1.165, 1.54) is 12.1 Å². The number of sulfonamides is 1. The normalized spacial score (nSPS) is 14.5. The van der Waals surface area contributed by atoms with Gasteiger partial charge in [0, 0.05) is 24.7 Å². The highest BCUT2D eigenvalue weighted by Crippen LogP contribution is 2.23. The highest BCUT2D eigenvalue weighted by Gasteiger charge is 2.22. The maximum absolute atomic E-state index is 14.0. The zero-order valence-corrected chi connectivity index (χ0v) is 15.7. The van der Waals surface area contributed by atoms with E-state index in [0.29, 0.717) is 38.4 Å². The topological polar surface area (TPSA) is 113 Å². The smallest absolute Gasteiger partial charge is 0.338 e. The van der Waals surface area contributed by atoms with Crippen molar-refractivity contribution in [2.75, 3.05) is 31.0 Å². The Kier molecular flexibility index (Phi) is 5.80. The lowest BCUT2D eigenvalue weighted by molar-refractivity contribution is 0.0303. The van der Waals surface area contributed by atoms with E-state index in [9.17, 15) is 26.8 Å². The first-order valence-corrected chi connectivity index (χ1v) is 9.89. The molecule has 154 valence electrons. The second kappa shape index (κ2) is 8.13.